The van der Waals surface area contributed by atoms with Gasteiger partial charge in [-0.1, -0.05) is 132 Å². The molecule has 134 heavy (non-hydrogen) atoms. The third-order valence-electron chi connectivity index (χ3n) is 24.4. The van der Waals surface area contributed by atoms with Gasteiger partial charge in [-0.15, -0.1) is 11.8 Å². The monoisotopic (exact) mass is 1880 g/mol. The number of aromatic amines is 1. The van der Waals surface area contributed by atoms with Crippen LogP contribution in [0.4, 0.5) is 8.78 Å². The lowest BCUT2D eigenvalue weighted by molar-refractivity contribution is -0.152. The molecule has 16 atom stereocenters. The number of nitrogens with zero attached hydrogens (tertiary/aromatic N) is 5. The number of Topliss-reactive ketones (excluding diaryl/α,β-unsaturated/α-hetero) is 1. The van der Waals surface area contributed by atoms with Gasteiger partial charge in [0.05, 0.1) is 67.6 Å². The van der Waals surface area contributed by atoms with Crippen LogP contribution in [0.1, 0.15) is 133 Å². The number of aromatic nitrogens is 1. The van der Waals surface area contributed by atoms with E-state index < -0.39 is 223 Å². The van der Waals surface area contributed by atoms with E-state index in [0.29, 0.717) is 54.2 Å². The minimum Gasteiger partial charge on any atom is -0.508 e. The third kappa shape index (κ3) is 30.7. The summed E-state index contributed by atoms with van der Waals surface area (Å²) in [5.41, 5.74) is 15.3. The van der Waals surface area contributed by atoms with Crippen LogP contribution >= 0.6 is 11.8 Å². The Balaban J connectivity index is 0.917. The quantitative estimate of drug-likeness (QED) is 0.0148. The number of benzene rings is 5. The molecule has 5 unspecified atom stereocenters. The van der Waals surface area contributed by atoms with Crippen LogP contribution in [-0.4, -0.2) is 295 Å². The number of hydrogen-bond donors (Lipinski definition) is 15. The van der Waals surface area contributed by atoms with Gasteiger partial charge in [-0.3, -0.25) is 83.1 Å². The zero-order valence-electron chi connectivity index (χ0n) is 76.6. The van der Waals surface area contributed by atoms with E-state index >= 15 is 19.2 Å². The fraction of sp³-hybridized carbons (Fsp3) is 0.505. The number of likely N-dealkylation sites (tertiary alicyclic amines) is 2. The number of hydrogen-bond acceptors (Lipinski definition) is 23. The predicted molar refractivity (Wildman–Crippen MR) is 493 cm³/mol. The van der Waals surface area contributed by atoms with E-state index in [1.807, 2.05) is 31.2 Å². The number of halogens is 2. The number of primary amides is 1. The highest BCUT2D eigenvalue weighted by Crippen LogP contribution is 2.32. The van der Waals surface area contributed by atoms with Crippen molar-refractivity contribution in [2.24, 2.45) is 23.3 Å². The minimum atomic E-state index is -1.56. The Morgan fingerprint density at radius 1 is 0.619 bits per heavy atom. The molecule has 11 amide bonds. The number of carbonyl (C=O) groups is 15. The smallest absolute Gasteiger partial charge is 0.305 e. The first-order valence-corrected chi connectivity index (χ1v) is 46.4. The number of amides is 11. The van der Waals surface area contributed by atoms with Gasteiger partial charge in [0.15, 0.2) is 5.78 Å². The van der Waals surface area contributed by atoms with Gasteiger partial charge in [0.2, 0.25) is 65.0 Å². The maximum atomic E-state index is 15.4. The molecule has 3 aliphatic heterocycles. The average Bonchev–Trinajstić information content (AvgIpc) is 1.58. The van der Waals surface area contributed by atoms with Crippen LogP contribution in [0.5, 0.6) is 5.75 Å². The maximum absolute atomic E-state index is 15.4. The molecule has 3 fully saturated rings. The molecule has 5 aromatic carbocycles. The van der Waals surface area contributed by atoms with E-state index in [2.05, 4.69) is 47.5 Å². The number of epoxide rings is 1. The standard InChI is InChI=1S/C95H126F2N16O20S/c1-9-10-22-75(94(131)113-40-17-23-73(113)88(126)103-63(51-114)47-82(121)122)109(6)93(130)77(45-56-18-12-11-13-19-56)111(8)91(128)71(43-57-25-31-61(96)32-26-57)104-80(118)53-134-52-72(85(123)102-50-79(98)117)107-86(124)69(41-54(2)3)106-87(125)70(42-58-29-35-64(115)36-30-58)108-90-84(133-90)68(46-60-48-100-66-21-15-14-20-65(60)66)105-89(127)74-24-16-39-112(74)92(129)67(37-38-81(119)120)101-49-78(116)76(44-59-27-33-62(97)34-28-59)110(7)95(132)83(99)55(4)5/h11-15,18-21,25-36,48,51,54-55,63,67-77,83-84,88,90,100-101,103,108,115,126H,9-10,16-17,22-24,37-47,49-50,52-53,99H2,1-8H3,(H2,98,117)(H,102,123)(H,104,118)(H,105,127)(H,106,125)(H,107,124)(H,119,120)(H,121,122)/t63-,67-,68-,69-,70-,71-,72-,73+,74?,75-,76?,77-,83-,84?,88?,90?/m0/s1. The summed E-state index contributed by atoms with van der Waals surface area (Å²) in [6.07, 6.45) is -0.782. The Morgan fingerprint density at radius 3 is 1.83 bits per heavy atom. The minimum absolute atomic E-state index is 0.0344. The first-order chi connectivity index (χ1) is 63.8. The molecule has 3 aliphatic rings. The first-order valence-electron chi connectivity index (χ1n) is 45.2. The number of aliphatic hydroxyl groups is 1. The van der Waals surface area contributed by atoms with Gasteiger partial charge in [0.1, 0.15) is 78.5 Å². The van der Waals surface area contributed by atoms with Crippen molar-refractivity contribution in [3.63, 3.8) is 0 Å². The summed E-state index contributed by atoms with van der Waals surface area (Å²) in [7, 11) is 4.21. The summed E-state index contributed by atoms with van der Waals surface area (Å²) < 4.78 is 35.0. The van der Waals surface area contributed by atoms with E-state index in [4.69, 9.17) is 16.2 Å². The number of carboxylic acid groups (broad SMARTS) is 2. The lowest BCUT2D eigenvalue weighted by atomic mass is 9.98. The van der Waals surface area contributed by atoms with Gasteiger partial charge < -0.3 is 97.5 Å². The van der Waals surface area contributed by atoms with E-state index in [1.54, 1.807) is 76.4 Å². The molecule has 4 heterocycles. The molecule has 0 spiro atoms. The second-order valence-corrected chi connectivity index (χ2v) is 36.3. The molecule has 1 aromatic heterocycles. The van der Waals surface area contributed by atoms with E-state index in [0.717, 1.165) is 45.3 Å². The van der Waals surface area contributed by atoms with Gasteiger partial charge in [-0.25, -0.2) is 8.78 Å². The van der Waals surface area contributed by atoms with Crippen molar-refractivity contribution in [2.75, 3.05) is 58.8 Å². The van der Waals surface area contributed by atoms with E-state index in [1.165, 1.54) is 89.3 Å². The summed E-state index contributed by atoms with van der Waals surface area (Å²) in [5, 5.41) is 64.6. The lowest BCUT2D eigenvalue weighted by Crippen LogP contribution is -2.60. The number of aldehydes is 1. The fourth-order valence-electron chi connectivity index (χ4n) is 16.8. The molecule has 726 valence electrons. The number of aliphatic hydroxyl groups excluding tert-OH is 1. The Morgan fingerprint density at radius 2 is 1.20 bits per heavy atom. The van der Waals surface area contributed by atoms with Gasteiger partial charge in [-0.2, -0.15) is 0 Å². The number of phenolic OH excluding ortho intramolecular Hbond substituents is 1. The van der Waals surface area contributed by atoms with Crippen molar-refractivity contribution in [1.82, 2.24) is 72.0 Å². The number of nitrogens with one attached hydrogen (secondary N) is 9. The Hall–Kier alpha value is -12.1. The van der Waals surface area contributed by atoms with Crippen molar-refractivity contribution in [2.45, 2.75) is 234 Å². The number of ketones is 1. The highest BCUT2D eigenvalue weighted by molar-refractivity contribution is 8.00. The van der Waals surface area contributed by atoms with Crippen LogP contribution in [0.25, 0.3) is 10.9 Å². The number of H-pyrrole nitrogens is 1. The lowest BCUT2D eigenvalue weighted by Gasteiger charge is -2.38. The molecule has 17 N–H and O–H groups in total. The normalized spacial score (nSPS) is 18.0. The second-order valence-electron chi connectivity index (χ2n) is 35.2. The topological polar surface area (TPSA) is 530 Å². The number of aliphatic carboxylic acids is 2. The molecule has 39 heteroatoms. The van der Waals surface area contributed by atoms with Crippen molar-refractivity contribution in [3.05, 3.63) is 173 Å². The summed E-state index contributed by atoms with van der Waals surface area (Å²) in [4.78, 5) is 220. The Bertz CT molecular complexity index is 5040. The molecule has 0 aliphatic carbocycles. The number of fused-ring (bicyclic) bond motifs is 1. The summed E-state index contributed by atoms with van der Waals surface area (Å²) in [5.74, 6) is -14.0. The number of para-hydroxylation sites is 1. The molecule has 0 radical (unpaired) electrons. The zero-order valence-corrected chi connectivity index (χ0v) is 77.4. The molecule has 6 aromatic rings. The van der Waals surface area contributed by atoms with Crippen molar-refractivity contribution in [3.8, 4) is 5.75 Å². The number of likely N-dealkylation sites (N-methyl/N-ethyl adjacent to an activating group) is 3. The van der Waals surface area contributed by atoms with Crippen molar-refractivity contribution < 1.29 is 106 Å². The number of phenols is 1. The second kappa shape index (κ2) is 50.8. The third-order valence-corrected chi connectivity index (χ3v) is 25.4. The number of carbonyl (C=O) groups excluding carboxylic acids is 13. The van der Waals surface area contributed by atoms with Crippen molar-refractivity contribution >= 4 is 112 Å². The van der Waals surface area contributed by atoms with Crippen LogP contribution in [0.15, 0.2) is 134 Å². The van der Waals surface area contributed by atoms with Crippen LogP contribution in [0.2, 0.25) is 0 Å². The number of rotatable bonds is 54. The molecule has 0 saturated carbocycles. The Labute approximate surface area is 781 Å². The molecule has 0 bridgehead atoms. The van der Waals surface area contributed by atoms with Crippen LogP contribution < -0.4 is 54.0 Å². The summed E-state index contributed by atoms with van der Waals surface area (Å²) >= 11 is 0.819. The number of carboxylic acids is 2. The van der Waals surface area contributed by atoms with Crippen molar-refractivity contribution in [1.29, 1.82) is 0 Å². The largest absolute Gasteiger partial charge is 0.508 e. The number of aromatic hydroxyl groups is 1. The number of thioether (sulfide) groups is 1. The van der Waals surface area contributed by atoms with E-state index in [9.17, 15) is 81.9 Å². The molecular formula is C95H126F2N16O20S. The van der Waals surface area contributed by atoms with Gasteiger partial charge >= 0.3 is 11.9 Å². The van der Waals surface area contributed by atoms with Gasteiger partial charge in [0.25, 0.3) is 0 Å². The highest BCUT2D eigenvalue weighted by atomic mass is 32.2. The maximum Gasteiger partial charge on any atom is 0.305 e. The molecule has 3 saturated heterocycles. The van der Waals surface area contributed by atoms with Crippen LogP contribution in [-0.2, 0) is 109 Å². The SMILES string of the molecule is CCCC[C@@H](C(=O)N1CCC[C@@H]1C(O)N[C@H](C=O)CC(=O)O)N(C)C(=O)[C@H](Cc1ccccc1)N(C)C(=O)[C@H](Cc1ccc(F)cc1)NC(=O)CSC[C@H](NC(=O)[C@H](CC(C)C)NC(=O)[C@H](Cc1ccc(O)cc1)NC1OC1[C@H](Cc1c[nH]c2ccccc12)NC(=O)C1CCCN1C(=O)[C@H](CCC(=O)O)NCC(=O)C(Cc1ccc(F)cc1)N(C)C(=O)[C@@H](N)C(C)C)C(=O)NCC(N)=O. The fourth-order valence-corrected chi connectivity index (χ4v) is 17.6. The highest BCUT2D eigenvalue weighted by Gasteiger charge is 2.50. The van der Waals surface area contributed by atoms with Crippen LogP contribution in [0, 0.1) is 23.5 Å². The van der Waals surface area contributed by atoms with E-state index in [-0.39, 0.29) is 101 Å². The summed E-state index contributed by atoms with van der Waals surface area (Å²) in [6, 6.07) is 16.7. The predicted octanol–water partition coefficient (Wildman–Crippen LogP) is 2.65. The summed E-state index contributed by atoms with van der Waals surface area (Å²) in [6.45, 7) is 7.92. The van der Waals surface area contributed by atoms with Crippen LogP contribution in [0.3, 0.4) is 0 Å². The van der Waals surface area contributed by atoms with Gasteiger partial charge in [0, 0.05) is 82.8 Å². The average molecular weight is 1880 g/mol. The zero-order chi connectivity index (χ0) is 97.7. The molecule has 36 nitrogen and oxygen atoms in total. The Kier molecular flexibility index (Phi) is 40.0. The number of ether oxygens (including phenoxy) is 1. The molecule has 9 rings (SSSR count). The first kappa shape index (κ1) is 106. The molecular weight excluding hydrogens is 1760 g/mol. The number of unbranched alkanes of at least 4 members (excludes halogenated alkanes) is 1. The number of nitrogens with two attached hydrogens (primary N) is 2. The van der Waals surface area contributed by atoms with Gasteiger partial charge in [-0.05, 0) is 140 Å².